The fourth-order valence-corrected chi connectivity index (χ4v) is 3.67. The highest BCUT2D eigenvalue weighted by Gasteiger charge is 2.32. The number of nitrogens with one attached hydrogen (secondary N) is 1. The first-order valence-electron chi connectivity index (χ1n) is 9.68. The van der Waals surface area contributed by atoms with Gasteiger partial charge in [-0.1, -0.05) is 54.1 Å². The maximum atomic E-state index is 13.5. The minimum absolute atomic E-state index is 0.182. The highest BCUT2D eigenvalue weighted by atomic mass is 35.5. The molecule has 0 bridgehead atoms. The number of aliphatic imine (C=N–C) groups is 1. The van der Waals surface area contributed by atoms with Gasteiger partial charge in [0.25, 0.3) is 5.91 Å². The van der Waals surface area contributed by atoms with E-state index < -0.39 is 12.1 Å². The van der Waals surface area contributed by atoms with Crippen molar-refractivity contribution in [1.82, 2.24) is 5.32 Å². The van der Waals surface area contributed by atoms with Crippen LogP contribution in [0, 0.1) is 5.82 Å². The molecule has 1 atom stereocenters. The van der Waals surface area contributed by atoms with Gasteiger partial charge in [0.05, 0.1) is 17.9 Å². The van der Waals surface area contributed by atoms with Crippen molar-refractivity contribution in [2.45, 2.75) is 19.6 Å². The number of carbonyl (C=O) groups is 2. The maximum Gasteiger partial charge on any atom is 0.272 e. The van der Waals surface area contributed by atoms with Crippen molar-refractivity contribution in [3.05, 3.63) is 100 Å². The van der Waals surface area contributed by atoms with Gasteiger partial charge >= 0.3 is 0 Å². The SMILES string of the molecule is CC(=O)NC1N=C(c2ccccc2)c2cc(Cl)ccc2N(Cc2ccc(F)cc2)C1=O. The number of benzodiazepines with no additional fused rings is 1. The topological polar surface area (TPSA) is 61.8 Å². The number of fused-ring (bicyclic) bond motifs is 1. The fourth-order valence-electron chi connectivity index (χ4n) is 3.50. The Labute approximate surface area is 184 Å². The molecule has 1 unspecified atom stereocenters. The fraction of sp³-hybridized carbons (Fsp3) is 0.125. The first-order valence-corrected chi connectivity index (χ1v) is 10.1. The third-order valence-corrected chi connectivity index (χ3v) is 5.14. The van der Waals surface area contributed by atoms with Gasteiger partial charge in [-0.15, -0.1) is 0 Å². The van der Waals surface area contributed by atoms with Gasteiger partial charge in [-0.3, -0.25) is 9.59 Å². The van der Waals surface area contributed by atoms with E-state index in [0.717, 1.165) is 11.1 Å². The van der Waals surface area contributed by atoms with E-state index in [-0.39, 0.29) is 18.3 Å². The molecular weight excluding hydrogens is 417 g/mol. The van der Waals surface area contributed by atoms with Crippen LogP contribution in [-0.4, -0.2) is 23.7 Å². The second kappa shape index (κ2) is 8.70. The lowest BCUT2D eigenvalue weighted by atomic mass is 10.00. The number of hydrogen-bond acceptors (Lipinski definition) is 3. The summed E-state index contributed by atoms with van der Waals surface area (Å²) in [6.45, 7) is 1.52. The van der Waals surface area contributed by atoms with Crippen LogP contribution in [-0.2, 0) is 16.1 Å². The molecule has 31 heavy (non-hydrogen) atoms. The van der Waals surface area contributed by atoms with Crippen molar-refractivity contribution in [2.75, 3.05) is 4.90 Å². The molecule has 0 radical (unpaired) electrons. The van der Waals surface area contributed by atoms with Gasteiger partial charge in [-0.05, 0) is 35.9 Å². The molecule has 0 saturated heterocycles. The molecule has 5 nitrogen and oxygen atoms in total. The van der Waals surface area contributed by atoms with Crippen LogP contribution in [0.15, 0.2) is 77.8 Å². The van der Waals surface area contributed by atoms with Crippen molar-refractivity contribution in [3.8, 4) is 0 Å². The Morgan fingerprint density at radius 3 is 2.48 bits per heavy atom. The average Bonchev–Trinajstić information content (AvgIpc) is 2.86. The summed E-state index contributed by atoms with van der Waals surface area (Å²) >= 11 is 6.30. The molecular formula is C24H19ClFN3O2. The molecule has 0 spiro atoms. The van der Waals surface area contributed by atoms with Crippen molar-refractivity contribution in [3.63, 3.8) is 0 Å². The highest BCUT2D eigenvalue weighted by Crippen LogP contribution is 2.32. The molecule has 3 aromatic rings. The lowest BCUT2D eigenvalue weighted by Crippen LogP contribution is -2.46. The molecule has 1 aliphatic heterocycles. The van der Waals surface area contributed by atoms with E-state index >= 15 is 0 Å². The van der Waals surface area contributed by atoms with Crippen LogP contribution in [0.2, 0.25) is 5.02 Å². The van der Waals surface area contributed by atoms with Gasteiger partial charge in [-0.2, -0.15) is 0 Å². The Hall–Kier alpha value is -3.51. The van der Waals surface area contributed by atoms with Crippen LogP contribution >= 0.6 is 11.6 Å². The molecule has 1 N–H and O–H groups in total. The van der Waals surface area contributed by atoms with Gasteiger partial charge in [0.2, 0.25) is 12.1 Å². The third-order valence-electron chi connectivity index (χ3n) is 4.90. The Kier molecular flexibility index (Phi) is 5.82. The minimum atomic E-state index is -1.11. The van der Waals surface area contributed by atoms with Crippen LogP contribution in [0.1, 0.15) is 23.6 Å². The first kappa shape index (κ1) is 20.8. The Bertz CT molecular complexity index is 1160. The Morgan fingerprint density at radius 1 is 1.10 bits per heavy atom. The normalized spacial score (nSPS) is 15.7. The van der Waals surface area contributed by atoms with Gasteiger partial charge in [0.1, 0.15) is 5.82 Å². The van der Waals surface area contributed by atoms with Crippen LogP contribution in [0.5, 0.6) is 0 Å². The molecule has 2 amide bonds. The van der Waals surface area contributed by atoms with Crippen molar-refractivity contribution in [1.29, 1.82) is 0 Å². The summed E-state index contributed by atoms with van der Waals surface area (Å²) in [5.41, 5.74) is 3.35. The van der Waals surface area contributed by atoms with Crippen LogP contribution in [0.4, 0.5) is 10.1 Å². The van der Waals surface area contributed by atoms with Crippen molar-refractivity contribution < 1.29 is 14.0 Å². The Morgan fingerprint density at radius 2 is 1.81 bits per heavy atom. The largest absolute Gasteiger partial charge is 0.327 e. The predicted octanol–water partition coefficient (Wildman–Crippen LogP) is 4.33. The van der Waals surface area contributed by atoms with E-state index in [2.05, 4.69) is 10.3 Å². The second-order valence-corrected chi connectivity index (χ2v) is 7.60. The van der Waals surface area contributed by atoms with E-state index in [9.17, 15) is 14.0 Å². The molecule has 1 heterocycles. The number of amides is 2. The smallest absolute Gasteiger partial charge is 0.272 e. The zero-order valence-corrected chi connectivity index (χ0v) is 17.4. The molecule has 0 saturated carbocycles. The summed E-state index contributed by atoms with van der Waals surface area (Å²) < 4.78 is 13.4. The van der Waals surface area contributed by atoms with Crippen LogP contribution in [0.3, 0.4) is 0 Å². The minimum Gasteiger partial charge on any atom is -0.327 e. The standard InChI is InChI=1S/C24H19ClFN3O2/c1-15(30)27-23-24(31)29(14-16-7-10-19(26)11-8-16)21-12-9-18(25)13-20(21)22(28-23)17-5-3-2-4-6-17/h2-13,23H,14H2,1H3,(H,27,30). The number of benzene rings is 3. The lowest BCUT2D eigenvalue weighted by Gasteiger charge is -2.25. The average molecular weight is 436 g/mol. The molecule has 0 fully saturated rings. The molecule has 0 aliphatic carbocycles. The number of carbonyl (C=O) groups excluding carboxylic acids is 2. The van der Waals surface area contributed by atoms with Gasteiger partial charge in [0, 0.05) is 23.1 Å². The van der Waals surface area contributed by atoms with Crippen molar-refractivity contribution in [2.24, 2.45) is 4.99 Å². The summed E-state index contributed by atoms with van der Waals surface area (Å²) in [5, 5.41) is 3.13. The van der Waals surface area contributed by atoms with Crippen LogP contribution < -0.4 is 10.2 Å². The number of rotatable bonds is 4. The predicted molar refractivity (Wildman–Crippen MR) is 119 cm³/mol. The lowest BCUT2D eigenvalue weighted by molar-refractivity contribution is -0.126. The van der Waals surface area contributed by atoms with Gasteiger partial charge in [0.15, 0.2) is 0 Å². The molecule has 0 aromatic heterocycles. The highest BCUT2D eigenvalue weighted by molar-refractivity contribution is 6.32. The zero-order chi connectivity index (χ0) is 22.0. The second-order valence-electron chi connectivity index (χ2n) is 7.16. The summed E-state index contributed by atoms with van der Waals surface area (Å²) in [6.07, 6.45) is -1.11. The summed E-state index contributed by atoms with van der Waals surface area (Å²) in [5.74, 6) is -1.13. The molecule has 3 aromatic carbocycles. The summed E-state index contributed by atoms with van der Waals surface area (Å²) in [4.78, 5) is 31.5. The van der Waals surface area contributed by atoms with E-state index in [1.807, 2.05) is 30.3 Å². The first-order chi connectivity index (χ1) is 14.9. The number of nitrogens with zero attached hydrogens (tertiary/aromatic N) is 2. The Balaban J connectivity index is 1.88. The quantitative estimate of drug-likeness (QED) is 0.663. The number of anilines is 1. The van der Waals surface area contributed by atoms with E-state index in [1.165, 1.54) is 19.1 Å². The molecule has 156 valence electrons. The van der Waals surface area contributed by atoms with Crippen LogP contribution in [0.25, 0.3) is 0 Å². The zero-order valence-electron chi connectivity index (χ0n) is 16.7. The van der Waals surface area contributed by atoms with E-state index in [4.69, 9.17) is 11.6 Å². The summed E-state index contributed by atoms with van der Waals surface area (Å²) in [6, 6.07) is 20.5. The van der Waals surface area contributed by atoms with E-state index in [0.29, 0.717) is 22.0 Å². The molecule has 4 rings (SSSR count). The van der Waals surface area contributed by atoms with Gasteiger partial charge in [-0.25, -0.2) is 9.38 Å². The monoisotopic (exact) mass is 435 g/mol. The van der Waals surface area contributed by atoms with Crippen molar-refractivity contribution >= 4 is 34.8 Å². The maximum absolute atomic E-state index is 13.5. The molecule has 7 heteroatoms. The number of halogens is 2. The third kappa shape index (κ3) is 4.49. The van der Waals surface area contributed by atoms with Gasteiger partial charge < -0.3 is 10.2 Å². The molecule has 1 aliphatic rings. The summed E-state index contributed by atoms with van der Waals surface area (Å²) in [7, 11) is 0. The van der Waals surface area contributed by atoms with E-state index in [1.54, 1.807) is 35.2 Å². The number of hydrogen-bond donors (Lipinski definition) is 1.